The molecule has 0 saturated heterocycles. The van der Waals surface area contributed by atoms with E-state index in [1.165, 1.54) is 6.92 Å². The number of rotatable bonds is 5. The van der Waals surface area contributed by atoms with Gasteiger partial charge in [-0.2, -0.15) is 0 Å². The summed E-state index contributed by atoms with van der Waals surface area (Å²) in [6, 6.07) is 0. The fourth-order valence-electron chi connectivity index (χ4n) is 0.861. The normalized spacial score (nSPS) is 11.9. The van der Waals surface area contributed by atoms with Crippen molar-refractivity contribution in [2.75, 3.05) is 6.61 Å². The van der Waals surface area contributed by atoms with Gasteiger partial charge in [-0.1, -0.05) is 19.0 Å². The largest absolute Gasteiger partial charge is 0.388 e. The number of carbonyl (C=O) groups excluding carboxylic acids is 1. The fourth-order valence-corrected chi connectivity index (χ4v) is 0.861. The predicted octanol–water partition coefficient (Wildman–Crippen LogP) is 2.01. The number of Topliss-reactive ketones (excluding diaryl/α,β-unsaturated/α-hetero) is 1. The Morgan fingerprint density at radius 1 is 1.42 bits per heavy atom. The number of nitrogens with zero attached hydrogens (tertiary/aromatic N) is 1. The van der Waals surface area contributed by atoms with E-state index < -0.39 is 0 Å². The van der Waals surface area contributed by atoms with Crippen molar-refractivity contribution < 1.29 is 9.63 Å². The highest BCUT2D eigenvalue weighted by Gasteiger charge is 1.97. The van der Waals surface area contributed by atoms with Crippen molar-refractivity contribution in [1.82, 2.24) is 0 Å². The first-order valence-electron chi connectivity index (χ1n) is 4.17. The molecule has 0 aromatic carbocycles. The van der Waals surface area contributed by atoms with Crippen molar-refractivity contribution in [1.29, 1.82) is 0 Å². The Labute approximate surface area is 73.8 Å². The first-order valence-corrected chi connectivity index (χ1v) is 4.17. The zero-order valence-electron chi connectivity index (χ0n) is 8.26. The summed E-state index contributed by atoms with van der Waals surface area (Å²) in [5, 5.41) is 3.80. The number of hydrogen-bond donors (Lipinski definition) is 0. The molecule has 0 aliphatic rings. The monoisotopic (exact) mass is 171 g/mol. The average Bonchev–Trinajstić information content (AvgIpc) is 1.84. The van der Waals surface area contributed by atoms with Gasteiger partial charge in [0.15, 0.2) is 12.4 Å². The average molecular weight is 171 g/mol. The summed E-state index contributed by atoms with van der Waals surface area (Å²) < 4.78 is 0. The van der Waals surface area contributed by atoms with Crippen molar-refractivity contribution in [2.24, 2.45) is 11.1 Å². The predicted molar refractivity (Wildman–Crippen MR) is 49.2 cm³/mol. The van der Waals surface area contributed by atoms with Crippen LogP contribution in [0.5, 0.6) is 0 Å². The van der Waals surface area contributed by atoms with Crippen LogP contribution in [0.1, 0.15) is 34.1 Å². The second-order valence-electron chi connectivity index (χ2n) is 3.40. The molecule has 0 atom stereocenters. The summed E-state index contributed by atoms with van der Waals surface area (Å²) >= 11 is 0. The molecule has 0 unspecified atom stereocenters. The molecule has 0 saturated carbocycles. The highest BCUT2D eigenvalue weighted by atomic mass is 16.6. The van der Waals surface area contributed by atoms with Crippen LogP contribution < -0.4 is 0 Å². The molecule has 0 heterocycles. The first kappa shape index (κ1) is 11.1. The van der Waals surface area contributed by atoms with Gasteiger partial charge in [-0.05, 0) is 26.2 Å². The van der Waals surface area contributed by atoms with E-state index in [-0.39, 0.29) is 12.4 Å². The van der Waals surface area contributed by atoms with Crippen molar-refractivity contribution in [2.45, 2.75) is 34.1 Å². The van der Waals surface area contributed by atoms with Crippen LogP contribution in [-0.2, 0) is 9.63 Å². The van der Waals surface area contributed by atoms with Gasteiger partial charge in [-0.25, -0.2) is 0 Å². The van der Waals surface area contributed by atoms with E-state index in [0.29, 0.717) is 5.92 Å². The van der Waals surface area contributed by atoms with Crippen LogP contribution in [0.2, 0.25) is 0 Å². The Balaban J connectivity index is 3.62. The molecule has 0 rings (SSSR count). The molecule has 0 radical (unpaired) electrons. The van der Waals surface area contributed by atoms with Crippen molar-refractivity contribution in [3.8, 4) is 0 Å². The van der Waals surface area contributed by atoms with Crippen LogP contribution in [0.15, 0.2) is 5.16 Å². The van der Waals surface area contributed by atoms with Crippen molar-refractivity contribution in [3.63, 3.8) is 0 Å². The molecule has 0 spiro atoms. The quantitative estimate of drug-likeness (QED) is 0.469. The Hall–Kier alpha value is -0.860. The molecule has 0 amide bonds. The molecule has 12 heavy (non-hydrogen) atoms. The zero-order chi connectivity index (χ0) is 9.56. The third-order valence-electron chi connectivity index (χ3n) is 1.19. The van der Waals surface area contributed by atoms with E-state index in [2.05, 4.69) is 19.0 Å². The van der Waals surface area contributed by atoms with E-state index in [1.54, 1.807) is 0 Å². The lowest BCUT2D eigenvalue weighted by molar-refractivity contribution is -0.121. The van der Waals surface area contributed by atoms with E-state index in [4.69, 9.17) is 4.84 Å². The van der Waals surface area contributed by atoms with Gasteiger partial charge in [0.2, 0.25) is 0 Å². The van der Waals surface area contributed by atoms with Crippen LogP contribution in [0.3, 0.4) is 0 Å². The SMILES string of the molecule is CC(=O)CON=C(C)CC(C)C. The third-order valence-corrected chi connectivity index (χ3v) is 1.19. The molecule has 0 aromatic heterocycles. The summed E-state index contributed by atoms with van der Waals surface area (Å²) in [4.78, 5) is 15.2. The van der Waals surface area contributed by atoms with Crippen LogP contribution >= 0.6 is 0 Å². The lowest BCUT2D eigenvalue weighted by atomic mass is 10.1. The van der Waals surface area contributed by atoms with Gasteiger partial charge in [0.25, 0.3) is 0 Å². The summed E-state index contributed by atoms with van der Waals surface area (Å²) in [5.74, 6) is 0.575. The highest BCUT2D eigenvalue weighted by Crippen LogP contribution is 2.01. The Morgan fingerprint density at radius 2 is 2.00 bits per heavy atom. The lowest BCUT2D eigenvalue weighted by Gasteiger charge is -2.02. The summed E-state index contributed by atoms with van der Waals surface area (Å²) in [6.07, 6.45) is 0.915. The van der Waals surface area contributed by atoms with E-state index in [0.717, 1.165) is 12.1 Å². The second kappa shape index (κ2) is 5.75. The maximum Gasteiger partial charge on any atom is 0.174 e. The van der Waals surface area contributed by atoms with Crippen molar-refractivity contribution in [3.05, 3.63) is 0 Å². The van der Waals surface area contributed by atoms with E-state index >= 15 is 0 Å². The molecule has 70 valence electrons. The third kappa shape index (κ3) is 7.25. The number of oxime groups is 1. The van der Waals surface area contributed by atoms with Crippen LogP contribution in [0, 0.1) is 5.92 Å². The van der Waals surface area contributed by atoms with Gasteiger partial charge in [-0.3, -0.25) is 4.79 Å². The Bertz CT molecular complexity index is 173. The van der Waals surface area contributed by atoms with Gasteiger partial charge in [-0.15, -0.1) is 0 Å². The maximum absolute atomic E-state index is 10.5. The molecular formula is C9H17NO2. The fraction of sp³-hybridized carbons (Fsp3) is 0.778. The topological polar surface area (TPSA) is 38.7 Å². The summed E-state index contributed by atoms with van der Waals surface area (Å²) in [6.45, 7) is 7.69. The lowest BCUT2D eigenvalue weighted by Crippen LogP contribution is -2.03. The van der Waals surface area contributed by atoms with Crippen LogP contribution in [0.25, 0.3) is 0 Å². The Kier molecular flexibility index (Phi) is 5.34. The minimum Gasteiger partial charge on any atom is -0.388 e. The molecule has 3 nitrogen and oxygen atoms in total. The first-order chi connectivity index (χ1) is 5.52. The summed E-state index contributed by atoms with van der Waals surface area (Å²) in [7, 11) is 0. The number of hydrogen-bond acceptors (Lipinski definition) is 3. The highest BCUT2D eigenvalue weighted by molar-refractivity contribution is 5.81. The van der Waals surface area contributed by atoms with Gasteiger partial charge >= 0.3 is 0 Å². The molecule has 0 bridgehead atoms. The van der Waals surface area contributed by atoms with E-state index in [1.807, 2.05) is 6.92 Å². The smallest absolute Gasteiger partial charge is 0.174 e. The minimum absolute atomic E-state index is 0.00361. The molecule has 0 fully saturated rings. The number of carbonyl (C=O) groups is 1. The molecule has 0 aromatic rings. The van der Waals surface area contributed by atoms with Gasteiger partial charge in [0.05, 0.1) is 5.71 Å². The number of ketones is 1. The molecule has 0 N–H and O–H groups in total. The second-order valence-corrected chi connectivity index (χ2v) is 3.40. The summed E-state index contributed by atoms with van der Waals surface area (Å²) in [5.41, 5.74) is 0.936. The minimum atomic E-state index is -0.00361. The molecule has 0 aliphatic carbocycles. The molecule has 0 aliphatic heterocycles. The zero-order valence-corrected chi connectivity index (χ0v) is 8.26. The Morgan fingerprint density at radius 3 is 2.42 bits per heavy atom. The van der Waals surface area contributed by atoms with Gasteiger partial charge in [0.1, 0.15) is 0 Å². The van der Waals surface area contributed by atoms with Crippen LogP contribution in [0.4, 0.5) is 0 Å². The van der Waals surface area contributed by atoms with Gasteiger partial charge in [0, 0.05) is 0 Å². The molecule has 3 heteroatoms. The standard InChI is InChI=1S/C9H17NO2/c1-7(2)5-8(3)10-12-6-9(4)11/h7H,5-6H2,1-4H3. The molecular weight excluding hydrogens is 154 g/mol. The van der Waals surface area contributed by atoms with E-state index in [9.17, 15) is 4.79 Å². The van der Waals surface area contributed by atoms with Gasteiger partial charge < -0.3 is 4.84 Å². The van der Waals surface area contributed by atoms with Crippen LogP contribution in [-0.4, -0.2) is 18.1 Å². The van der Waals surface area contributed by atoms with Crippen molar-refractivity contribution >= 4 is 11.5 Å². The maximum atomic E-state index is 10.5.